The Kier molecular flexibility index (Phi) is 6.77. The monoisotopic (exact) mass is 297 g/mol. The third kappa shape index (κ3) is 5.15. The molecular formula is C16H31N3O2. The molecule has 0 aromatic heterocycles. The quantitative estimate of drug-likeness (QED) is 0.809. The highest BCUT2D eigenvalue weighted by atomic mass is 16.3. The number of nitrogens with zero attached hydrogens (tertiary/aromatic N) is 2. The molecule has 5 heteroatoms. The first kappa shape index (κ1) is 16.6. The number of rotatable bonds is 5. The van der Waals surface area contributed by atoms with Crippen molar-refractivity contribution in [2.45, 2.75) is 39.0 Å². The number of carbonyl (C=O) groups excluding carboxylic acids is 1. The molecule has 2 saturated heterocycles. The predicted octanol–water partition coefficient (Wildman–Crippen LogP) is 1.52. The van der Waals surface area contributed by atoms with E-state index in [1.165, 1.54) is 25.9 Å². The summed E-state index contributed by atoms with van der Waals surface area (Å²) in [7, 11) is 0. The van der Waals surface area contributed by atoms with Crippen LogP contribution in [0.25, 0.3) is 0 Å². The average Bonchev–Trinajstić information content (AvgIpc) is 2.55. The van der Waals surface area contributed by atoms with E-state index in [2.05, 4.69) is 17.1 Å². The number of amides is 2. The summed E-state index contributed by atoms with van der Waals surface area (Å²) in [6, 6.07) is 0.0548. The molecule has 0 bridgehead atoms. The lowest BCUT2D eigenvalue weighted by molar-refractivity contribution is 0.129. The average molecular weight is 297 g/mol. The SMILES string of the molecule is CCN1CCC(CCNC(=O)N2CCCC(CO)C2)CC1. The number of hydrogen-bond acceptors (Lipinski definition) is 3. The second-order valence-corrected chi connectivity index (χ2v) is 6.54. The molecule has 0 aromatic rings. The van der Waals surface area contributed by atoms with Crippen LogP contribution < -0.4 is 5.32 Å². The molecule has 1 unspecified atom stereocenters. The fraction of sp³-hybridized carbons (Fsp3) is 0.938. The highest BCUT2D eigenvalue weighted by Crippen LogP contribution is 2.20. The normalized spacial score (nSPS) is 25.0. The van der Waals surface area contributed by atoms with Crippen molar-refractivity contribution in [1.82, 2.24) is 15.1 Å². The van der Waals surface area contributed by atoms with Gasteiger partial charge in [-0.1, -0.05) is 6.92 Å². The number of nitrogens with one attached hydrogen (secondary N) is 1. The van der Waals surface area contributed by atoms with Crippen LogP contribution in [0.5, 0.6) is 0 Å². The lowest BCUT2D eigenvalue weighted by Crippen LogP contribution is -2.46. The van der Waals surface area contributed by atoms with E-state index in [0.29, 0.717) is 6.54 Å². The minimum Gasteiger partial charge on any atom is -0.396 e. The van der Waals surface area contributed by atoms with Gasteiger partial charge >= 0.3 is 6.03 Å². The Labute approximate surface area is 128 Å². The van der Waals surface area contributed by atoms with E-state index in [-0.39, 0.29) is 18.6 Å². The molecule has 122 valence electrons. The van der Waals surface area contributed by atoms with Gasteiger partial charge in [0.1, 0.15) is 0 Å². The van der Waals surface area contributed by atoms with E-state index in [9.17, 15) is 9.90 Å². The first-order valence-corrected chi connectivity index (χ1v) is 8.59. The number of urea groups is 1. The smallest absolute Gasteiger partial charge is 0.317 e. The molecule has 2 amide bonds. The number of aliphatic hydroxyl groups excluding tert-OH is 1. The summed E-state index contributed by atoms with van der Waals surface area (Å²) in [6.07, 6.45) is 5.67. The number of likely N-dealkylation sites (tertiary alicyclic amines) is 2. The van der Waals surface area contributed by atoms with Gasteiger partial charge in [-0.15, -0.1) is 0 Å². The van der Waals surface area contributed by atoms with Gasteiger partial charge in [0.2, 0.25) is 0 Å². The maximum absolute atomic E-state index is 12.1. The largest absolute Gasteiger partial charge is 0.396 e. The van der Waals surface area contributed by atoms with Crippen molar-refractivity contribution in [3.63, 3.8) is 0 Å². The molecule has 0 radical (unpaired) electrons. The third-order valence-corrected chi connectivity index (χ3v) is 5.05. The number of aliphatic hydroxyl groups is 1. The van der Waals surface area contributed by atoms with Crippen LogP contribution in [-0.2, 0) is 0 Å². The van der Waals surface area contributed by atoms with Crippen LogP contribution in [-0.4, -0.2) is 66.8 Å². The van der Waals surface area contributed by atoms with Gasteiger partial charge in [-0.3, -0.25) is 0 Å². The highest BCUT2D eigenvalue weighted by Gasteiger charge is 2.23. The standard InChI is InChI=1S/C16H31N3O2/c1-2-18-10-6-14(7-11-18)5-8-17-16(21)19-9-3-4-15(12-19)13-20/h14-15,20H,2-13H2,1H3,(H,17,21). The van der Waals surface area contributed by atoms with Gasteiger partial charge in [0, 0.05) is 26.2 Å². The molecule has 2 aliphatic heterocycles. The van der Waals surface area contributed by atoms with Gasteiger partial charge < -0.3 is 20.2 Å². The van der Waals surface area contributed by atoms with Gasteiger partial charge in [-0.2, -0.15) is 0 Å². The predicted molar refractivity (Wildman–Crippen MR) is 84.2 cm³/mol. The van der Waals surface area contributed by atoms with Crippen LogP contribution in [0.4, 0.5) is 4.79 Å². The first-order valence-electron chi connectivity index (χ1n) is 8.59. The van der Waals surface area contributed by atoms with Gasteiger partial charge in [-0.05, 0) is 63.6 Å². The minimum atomic E-state index is 0.0548. The van der Waals surface area contributed by atoms with Crippen molar-refractivity contribution < 1.29 is 9.90 Å². The van der Waals surface area contributed by atoms with Crippen LogP contribution in [0.15, 0.2) is 0 Å². The fourth-order valence-corrected chi connectivity index (χ4v) is 3.48. The van der Waals surface area contributed by atoms with Gasteiger partial charge in [0.15, 0.2) is 0 Å². The Hall–Kier alpha value is -0.810. The maximum atomic E-state index is 12.1. The molecule has 2 heterocycles. The molecule has 0 saturated carbocycles. The molecule has 0 aliphatic carbocycles. The number of hydrogen-bond donors (Lipinski definition) is 2. The highest BCUT2D eigenvalue weighted by molar-refractivity contribution is 5.74. The zero-order valence-electron chi connectivity index (χ0n) is 13.4. The van der Waals surface area contributed by atoms with Crippen LogP contribution in [0.3, 0.4) is 0 Å². The van der Waals surface area contributed by atoms with E-state index in [4.69, 9.17) is 0 Å². The van der Waals surface area contributed by atoms with Crippen LogP contribution in [0, 0.1) is 11.8 Å². The molecule has 2 rings (SSSR count). The molecule has 2 fully saturated rings. The van der Waals surface area contributed by atoms with Crippen LogP contribution in [0.1, 0.15) is 39.0 Å². The lowest BCUT2D eigenvalue weighted by Gasteiger charge is -2.33. The summed E-state index contributed by atoms with van der Waals surface area (Å²) < 4.78 is 0. The number of carbonyl (C=O) groups is 1. The lowest BCUT2D eigenvalue weighted by atomic mass is 9.93. The second kappa shape index (κ2) is 8.59. The summed E-state index contributed by atoms with van der Waals surface area (Å²) in [5.41, 5.74) is 0. The van der Waals surface area contributed by atoms with E-state index in [0.717, 1.165) is 44.8 Å². The molecule has 0 aromatic carbocycles. The van der Waals surface area contributed by atoms with Crippen molar-refractivity contribution in [1.29, 1.82) is 0 Å². The summed E-state index contributed by atoms with van der Waals surface area (Å²) in [5.74, 6) is 1.03. The van der Waals surface area contributed by atoms with E-state index in [1.54, 1.807) is 0 Å². The Morgan fingerprint density at radius 3 is 2.62 bits per heavy atom. The summed E-state index contributed by atoms with van der Waals surface area (Å²) in [6.45, 7) is 8.31. The molecule has 21 heavy (non-hydrogen) atoms. The van der Waals surface area contributed by atoms with Crippen molar-refractivity contribution >= 4 is 6.03 Å². The molecule has 5 nitrogen and oxygen atoms in total. The molecule has 2 aliphatic rings. The molecule has 1 atom stereocenters. The van der Waals surface area contributed by atoms with E-state index >= 15 is 0 Å². The zero-order chi connectivity index (χ0) is 15.1. The topological polar surface area (TPSA) is 55.8 Å². The Morgan fingerprint density at radius 1 is 1.19 bits per heavy atom. The Morgan fingerprint density at radius 2 is 1.95 bits per heavy atom. The maximum Gasteiger partial charge on any atom is 0.317 e. The van der Waals surface area contributed by atoms with Crippen LogP contribution in [0.2, 0.25) is 0 Å². The summed E-state index contributed by atoms with van der Waals surface area (Å²) >= 11 is 0. The van der Waals surface area contributed by atoms with Crippen molar-refractivity contribution in [2.75, 3.05) is 45.9 Å². The van der Waals surface area contributed by atoms with Gasteiger partial charge in [0.05, 0.1) is 0 Å². The minimum absolute atomic E-state index is 0.0548. The zero-order valence-corrected chi connectivity index (χ0v) is 13.4. The van der Waals surface area contributed by atoms with E-state index < -0.39 is 0 Å². The van der Waals surface area contributed by atoms with Gasteiger partial charge in [0.25, 0.3) is 0 Å². The summed E-state index contributed by atoms with van der Waals surface area (Å²) in [4.78, 5) is 16.5. The first-order chi connectivity index (χ1) is 10.2. The Bertz CT molecular complexity index is 317. The third-order valence-electron chi connectivity index (χ3n) is 5.05. The van der Waals surface area contributed by atoms with Crippen molar-refractivity contribution in [3.05, 3.63) is 0 Å². The van der Waals surface area contributed by atoms with Crippen molar-refractivity contribution in [3.8, 4) is 0 Å². The second-order valence-electron chi connectivity index (χ2n) is 6.54. The molecular weight excluding hydrogens is 266 g/mol. The van der Waals surface area contributed by atoms with Crippen LogP contribution >= 0.6 is 0 Å². The fourth-order valence-electron chi connectivity index (χ4n) is 3.48. The Balaban J connectivity index is 1.61. The van der Waals surface area contributed by atoms with Crippen molar-refractivity contribution in [2.24, 2.45) is 11.8 Å². The van der Waals surface area contributed by atoms with E-state index in [1.807, 2.05) is 4.90 Å². The molecule has 2 N–H and O–H groups in total. The summed E-state index contributed by atoms with van der Waals surface area (Å²) in [5, 5.41) is 12.3. The van der Waals surface area contributed by atoms with Gasteiger partial charge in [-0.25, -0.2) is 4.79 Å². The molecule has 0 spiro atoms. The number of piperidine rings is 2.